The zero-order valence-electron chi connectivity index (χ0n) is 12.9. The van der Waals surface area contributed by atoms with Gasteiger partial charge in [-0.1, -0.05) is 11.6 Å². The Balaban J connectivity index is 1.80. The van der Waals surface area contributed by atoms with Crippen molar-refractivity contribution < 1.29 is 9.21 Å². The van der Waals surface area contributed by atoms with Crippen LogP contribution in [0, 0.1) is 0 Å². The number of rotatable bonds is 5. The first kappa shape index (κ1) is 16.7. The lowest BCUT2D eigenvalue weighted by Gasteiger charge is -2.09. The number of nitrogens with zero attached hydrogens (tertiary/aromatic N) is 2. The third kappa shape index (κ3) is 3.86. The summed E-state index contributed by atoms with van der Waals surface area (Å²) in [5, 5.41) is 2.72. The minimum absolute atomic E-state index is 0.0109. The van der Waals surface area contributed by atoms with E-state index < -0.39 is 17.2 Å². The highest BCUT2D eigenvalue weighted by Gasteiger charge is 2.14. The van der Waals surface area contributed by atoms with Crippen LogP contribution in [0.1, 0.15) is 16.1 Å². The first-order valence-electron chi connectivity index (χ1n) is 7.33. The lowest BCUT2D eigenvalue weighted by molar-refractivity contribution is 0.0953. The Bertz CT molecular complexity index is 1010. The normalized spacial score (nSPS) is 10.6. The minimum atomic E-state index is -0.638. The zero-order valence-corrected chi connectivity index (χ0v) is 13.6. The average Bonchev–Trinajstić information content (AvgIpc) is 3.09. The maximum atomic E-state index is 12.3. The number of aromatic nitrogens is 3. The van der Waals surface area contributed by atoms with Gasteiger partial charge in [0, 0.05) is 25.2 Å². The fraction of sp³-hybridized carbons (Fsp3) is 0.125. The third-order valence-corrected chi connectivity index (χ3v) is 3.71. The summed E-state index contributed by atoms with van der Waals surface area (Å²) in [6, 6.07) is 6.20. The summed E-state index contributed by atoms with van der Waals surface area (Å²) in [7, 11) is 0. The van der Waals surface area contributed by atoms with E-state index in [4.69, 9.17) is 16.0 Å². The highest BCUT2D eigenvalue weighted by Crippen LogP contribution is 2.16. The molecular weight excluding hydrogens is 348 g/mol. The van der Waals surface area contributed by atoms with Gasteiger partial charge in [0.2, 0.25) is 0 Å². The maximum Gasteiger partial charge on any atom is 0.332 e. The molecule has 128 valence electrons. The van der Waals surface area contributed by atoms with Crippen LogP contribution in [0.2, 0.25) is 5.15 Å². The van der Waals surface area contributed by atoms with E-state index in [1.165, 1.54) is 24.5 Å². The smallest absolute Gasteiger partial charge is 0.332 e. The third-order valence-electron chi connectivity index (χ3n) is 3.41. The molecule has 0 saturated heterocycles. The molecule has 0 radical (unpaired) electrons. The molecule has 25 heavy (non-hydrogen) atoms. The molecule has 0 aliphatic carbocycles. The molecule has 2 N–H and O–H groups in total. The minimum Gasteiger partial charge on any atom is -0.469 e. The molecule has 0 atom stereocenters. The SMILES string of the molecule is O=C(NCCc1ccco1)c1cc(-n2ccc(=O)[nH]c2=O)cnc1Cl. The van der Waals surface area contributed by atoms with Crippen molar-refractivity contribution in [3.05, 3.63) is 80.2 Å². The molecule has 0 aromatic carbocycles. The van der Waals surface area contributed by atoms with Gasteiger partial charge in [-0.3, -0.25) is 19.1 Å². The number of hydrogen-bond donors (Lipinski definition) is 2. The molecule has 8 nitrogen and oxygen atoms in total. The Morgan fingerprint density at radius 2 is 2.20 bits per heavy atom. The Morgan fingerprint density at radius 1 is 1.36 bits per heavy atom. The quantitative estimate of drug-likeness (QED) is 0.663. The Hall–Kier alpha value is -3.13. The van der Waals surface area contributed by atoms with Crippen molar-refractivity contribution in [1.82, 2.24) is 19.9 Å². The molecule has 0 saturated carbocycles. The molecular formula is C16H13ClN4O4. The number of pyridine rings is 1. The van der Waals surface area contributed by atoms with E-state index in [9.17, 15) is 14.4 Å². The summed E-state index contributed by atoms with van der Waals surface area (Å²) in [5.41, 5.74) is -0.724. The van der Waals surface area contributed by atoms with Crippen molar-refractivity contribution in [3.8, 4) is 5.69 Å². The number of furan rings is 1. The van der Waals surface area contributed by atoms with Gasteiger partial charge in [-0.05, 0) is 18.2 Å². The molecule has 9 heteroatoms. The topological polar surface area (TPSA) is 110 Å². The van der Waals surface area contributed by atoms with Gasteiger partial charge in [-0.15, -0.1) is 0 Å². The first-order valence-corrected chi connectivity index (χ1v) is 7.71. The van der Waals surface area contributed by atoms with E-state index in [1.54, 1.807) is 12.3 Å². The van der Waals surface area contributed by atoms with Crippen molar-refractivity contribution in [2.45, 2.75) is 6.42 Å². The van der Waals surface area contributed by atoms with Gasteiger partial charge in [-0.25, -0.2) is 9.78 Å². The highest BCUT2D eigenvalue weighted by molar-refractivity contribution is 6.32. The zero-order chi connectivity index (χ0) is 17.8. The van der Waals surface area contributed by atoms with Crippen molar-refractivity contribution >= 4 is 17.5 Å². The number of amides is 1. The molecule has 3 aromatic rings. The number of hydrogen-bond acceptors (Lipinski definition) is 5. The molecule has 0 aliphatic rings. The molecule has 0 unspecified atom stereocenters. The summed E-state index contributed by atoms with van der Waals surface area (Å²) in [6.45, 7) is 0.353. The van der Waals surface area contributed by atoms with Crippen LogP contribution in [0.25, 0.3) is 5.69 Å². The van der Waals surface area contributed by atoms with E-state index in [1.807, 2.05) is 6.07 Å². The van der Waals surface area contributed by atoms with E-state index in [0.29, 0.717) is 18.7 Å². The van der Waals surface area contributed by atoms with Crippen molar-refractivity contribution in [3.63, 3.8) is 0 Å². The van der Waals surface area contributed by atoms with Crippen LogP contribution in [0.3, 0.4) is 0 Å². The van der Waals surface area contributed by atoms with Crippen LogP contribution < -0.4 is 16.6 Å². The van der Waals surface area contributed by atoms with Crippen LogP contribution in [0.15, 0.2) is 56.9 Å². The van der Waals surface area contributed by atoms with Gasteiger partial charge >= 0.3 is 5.69 Å². The lowest BCUT2D eigenvalue weighted by atomic mass is 10.2. The van der Waals surface area contributed by atoms with Crippen LogP contribution >= 0.6 is 11.6 Å². The summed E-state index contributed by atoms with van der Waals surface area (Å²) >= 11 is 5.99. The highest BCUT2D eigenvalue weighted by atomic mass is 35.5. The number of H-pyrrole nitrogens is 1. The van der Waals surface area contributed by atoms with Crippen LogP contribution in [-0.2, 0) is 6.42 Å². The molecule has 0 fully saturated rings. The average molecular weight is 361 g/mol. The number of aromatic amines is 1. The van der Waals surface area contributed by atoms with Gasteiger partial charge in [0.15, 0.2) is 0 Å². The second-order valence-corrected chi connectivity index (χ2v) is 5.46. The Labute approximate surface area is 146 Å². The van der Waals surface area contributed by atoms with Crippen LogP contribution in [0.5, 0.6) is 0 Å². The summed E-state index contributed by atoms with van der Waals surface area (Å²) in [6.07, 6.45) is 4.72. The van der Waals surface area contributed by atoms with E-state index in [-0.39, 0.29) is 10.7 Å². The summed E-state index contributed by atoms with van der Waals surface area (Å²) in [4.78, 5) is 41.4. The van der Waals surface area contributed by atoms with Gasteiger partial charge in [-0.2, -0.15) is 0 Å². The predicted molar refractivity (Wildman–Crippen MR) is 90.2 cm³/mol. The largest absolute Gasteiger partial charge is 0.469 e. The van der Waals surface area contributed by atoms with E-state index in [0.717, 1.165) is 10.3 Å². The standard InChI is InChI=1S/C16H13ClN4O4/c17-14-12(15(23)18-5-3-11-2-1-7-25-11)8-10(9-19-14)21-6-4-13(22)20-16(21)24/h1-2,4,6-9H,3,5H2,(H,18,23)(H,20,22,24). The van der Waals surface area contributed by atoms with Crippen molar-refractivity contribution in [1.29, 1.82) is 0 Å². The molecule has 0 bridgehead atoms. The maximum absolute atomic E-state index is 12.3. The molecule has 3 aromatic heterocycles. The number of halogens is 1. The lowest BCUT2D eigenvalue weighted by Crippen LogP contribution is -2.29. The monoisotopic (exact) mass is 360 g/mol. The summed E-state index contributed by atoms with van der Waals surface area (Å²) < 4.78 is 6.34. The number of carbonyl (C=O) groups excluding carboxylic acids is 1. The van der Waals surface area contributed by atoms with Gasteiger partial charge < -0.3 is 9.73 Å². The first-order chi connectivity index (χ1) is 12.0. The van der Waals surface area contributed by atoms with Crippen LogP contribution in [-0.4, -0.2) is 27.0 Å². The molecule has 1 amide bonds. The molecule has 3 heterocycles. The number of nitrogens with one attached hydrogen (secondary N) is 2. The van der Waals surface area contributed by atoms with Crippen molar-refractivity contribution in [2.75, 3.05) is 6.54 Å². The van der Waals surface area contributed by atoms with Gasteiger partial charge in [0.1, 0.15) is 10.9 Å². The van der Waals surface area contributed by atoms with E-state index >= 15 is 0 Å². The van der Waals surface area contributed by atoms with Gasteiger partial charge in [0.05, 0.1) is 23.7 Å². The fourth-order valence-electron chi connectivity index (χ4n) is 2.20. The van der Waals surface area contributed by atoms with E-state index in [2.05, 4.69) is 15.3 Å². The number of carbonyl (C=O) groups is 1. The van der Waals surface area contributed by atoms with Crippen molar-refractivity contribution in [2.24, 2.45) is 0 Å². The molecule has 3 rings (SSSR count). The Kier molecular flexibility index (Phi) is 4.80. The van der Waals surface area contributed by atoms with Crippen LogP contribution in [0.4, 0.5) is 0 Å². The summed E-state index contributed by atoms with van der Waals surface area (Å²) in [5.74, 6) is 0.321. The Morgan fingerprint density at radius 3 is 2.92 bits per heavy atom. The molecule has 0 aliphatic heterocycles. The fourth-order valence-corrected chi connectivity index (χ4v) is 2.39. The predicted octanol–water partition coefficient (Wildman–Crippen LogP) is 1.14. The second-order valence-electron chi connectivity index (χ2n) is 5.10. The molecule has 0 spiro atoms. The van der Waals surface area contributed by atoms with Gasteiger partial charge in [0.25, 0.3) is 11.5 Å². The second kappa shape index (κ2) is 7.18.